The van der Waals surface area contributed by atoms with Crippen molar-refractivity contribution in [3.8, 4) is 0 Å². The van der Waals surface area contributed by atoms with Gasteiger partial charge in [0.05, 0.1) is 21.9 Å². The number of dihydropyridines is 1. The van der Waals surface area contributed by atoms with Gasteiger partial charge in [-0.25, -0.2) is 0 Å². The summed E-state index contributed by atoms with van der Waals surface area (Å²) in [5.41, 5.74) is 1.11. The van der Waals surface area contributed by atoms with E-state index in [1.165, 1.54) is 21.2 Å². The molecular formula is C14H11I2NS2. The molecule has 3 heterocycles. The van der Waals surface area contributed by atoms with Gasteiger partial charge in [-0.3, -0.25) is 0 Å². The lowest BCUT2D eigenvalue weighted by molar-refractivity contribution is 0.548. The predicted molar refractivity (Wildman–Crippen MR) is 102 cm³/mol. The first-order valence-corrected chi connectivity index (χ1v) is 9.55. The van der Waals surface area contributed by atoms with Crippen LogP contribution in [0.1, 0.15) is 16.7 Å². The molecule has 2 aromatic heterocycles. The molecule has 0 amide bonds. The molecule has 0 fully saturated rings. The van der Waals surface area contributed by atoms with E-state index in [1.54, 1.807) is 0 Å². The lowest BCUT2D eigenvalue weighted by atomic mass is 9.96. The van der Waals surface area contributed by atoms with Gasteiger partial charge in [-0.2, -0.15) is 0 Å². The lowest BCUT2D eigenvalue weighted by Crippen LogP contribution is -2.37. The summed E-state index contributed by atoms with van der Waals surface area (Å²) in [4.78, 5) is 2.65. The van der Waals surface area contributed by atoms with Gasteiger partial charge in [0.15, 0.2) is 0 Å². The smallest absolute Gasteiger partial charge is 0.0877 e. The predicted octanol–water partition coefficient (Wildman–Crippen LogP) is 5.43. The summed E-state index contributed by atoms with van der Waals surface area (Å²) in [5, 5.41) is 3.68. The molecule has 1 aliphatic heterocycles. The summed E-state index contributed by atoms with van der Waals surface area (Å²) >= 11 is 8.41. The van der Waals surface area contributed by atoms with Gasteiger partial charge in [0, 0.05) is 4.88 Å². The fraction of sp³-hybridized carbons (Fsp3) is 0.143. The van der Waals surface area contributed by atoms with E-state index in [9.17, 15) is 0 Å². The number of hydrogen-bond acceptors (Lipinski definition) is 3. The molecule has 1 nitrogen and oxygen atoms in total. The molecule has 1 aliphatic rings. The molecule has 2 aromatic rings. The first kappa shape index (κ1) is 14.1. The topological polar surface area (TPSA) is 12.0 Å². The quantitative estimate of drug-likeness (QED) is 0.531. The van der Waals surface area contributed by atoms with E-state index < -0.39 is 0 Å². The van der Waals surface area contributed by atoms with Crippen LogP contribution in [0.5, 0.6) is 0 Å². The molecular weight excluding hydrogens is 500 g/mol. The molecule has 19 heavy (non-hydrogen) atoms. The minimum atomic E-state index is -0.104. The second-order valence-electron chi connectivity index (χ2n) is 4.47. The Morgan fingerprint density at radius 3 is 2.42 bits per heavy atom. The van der Waals surface area contributed by atoms with Crippen molar-refractivity contribution >= 4 is 73.6 Å². The summed E-state index contributed by atoms with van der Waals surface area (Å²) < 4.78 is 2.64. The van der Waals surface area contributed by atoms with Crippen molar-refractivity contribution in [1.29, 1.82) is 0 Å². The Balaban J connectivity index is 1.93. The van der Waals surface area contributed by atoms with E-state index in [1.807, 2.05) is 22.7 Å². The highest BCUT2D eigenvalue weighted by molar-refractivity contribution is 14.1. The van der Waals surface area contributed by atoms with Gasteiger partial charge in [-0.1, -0.05) is 12.2 Å². The molecule has 5 heteroatoms. The zero-order valence-electron chi connectivity index (χ0n) is 10.1. The van der Waals surface area contributed by atoms with Gasteiger partial charge in [-0.15, -0.1) is 22.7 Å². The van der Waals surface area contributed by atoms with E-state index >= 15 is 0 Å². The fourth-order valence-corrected chi connectivity index (χ4v) is 5.35. The van der Waals surface area contributed by atoms with E-state index in [-0.39, 0.29) is 5.54 Å². The van der Waals surface area contributed by atoms with Gasteiger partial charge >= 0.3 is 0 Å². The van der Waals surface area contributed by atoms with Crippen molar-refractivity contribution in [2.24, 2.45) is 0 Å². The SMILES string of the molecule is CC1(c2ccc(I)s2)C=CC=C(c2ccc(I)s2)N1. The van der Waals surface area contributed by atoms with Crippen molar-refractivity contribution in [2.45, 2.75) is 12.5 Å². The monoisotopic (exact) mass is 511 g/mol. The fourth-order valence-electron chi connectivity index (χ4n) is 2.04. The highest BCUT2D eigenvalue weighted by Crippen LogP contribution is 2.35. The minimum Gasteiger partial charge on any atom is -0.370 e. The number of halogens is 2. The maximum atomic E-state index is 3.68. The third-order valence-corrected chi connectivity index (χ3v) is 7.07. The average molecular weight is 511 g/mol. The number of thiophene rings is 2. The summed E-state index contributed by atoms with van der Waals surface area (Å²) in [7, 11) is 0. The normalized spacial score (nSPS) is 22.2. The second-order valence-corrected chi connectivity index (χ2v) is 10.4. The maximum Gasteiger partial charge on any atom is 0.0877 e. The van der Waals surface area contributed by atoms with Crippen molar-refractivity contribution in [3.63, 3.8) is 0 Å². The molecule has 0 radical (unpaired) electrons. The first-order valence-electron chi connectivity index (χ1n) is 5.76. The summed E-state index contributed by atoms with van der Waals surface area (Å²) in [5.74, 6) is 0. The van der Waals surface area contributed by atoms with E-state index in [2.05, 4.69) is 99.9 Å². The molecule has 3 rings (SSSR count). The van der Waals surface area contributed by atoms with Crippen LogP contribution >= 0.6 is 67.9 Å². The summed E-state index contributed by atoms with van der Waals surface area (Å²) in [6.45, 7) is 2.23. The summed E-state index contributed by atoms with van der Waals surface area (Å²) in [6.07, 6.45) is 6.55. The maximum absolute atomic E-state index is 3.68. The Morgan fingerprint density at radius 2 is 1.79 bits per heavy atom. The van der Waals surface area contributed by atoms with Crippen LogP contribution in [-0.4, -0.2) is 0 Å². The van der Waals surface area contributed by atoms with Crippen LogP contribution in [0, 0.1) is 5.77 Å². The zero-order valence-corrected chi connectivity index (χ0v) is 16.1. The van der Waals surface area contributed by atoms with Gasteiger partial charge in [0.2, 0.25) is 0 Å². The van der Waals surface area contributed by atoms with Crippen molar-refractivity contribution in [2.75, 3.05) is 0 Å². The average Bonchev–Trinajstić information content (AvgIpc) is 2.98. The van der Waals surface area contributed by atoms with Gasteiger partial charge in [0.25, 0.3) is 0 Å². The summed E-state index contributed by atoms with van der Waals surface area (Å²) in [6, 6.07) is 8.73. The van der Waals surface area contributed by atoms with Crippen LogP contribution in [0.25, 0.3) is 5.70 Å². The number of rotatable bonds is 2. The Labute approximate surface area is 148 Å². The van der Waals surface area contributed by atoms with Crippen molar-refractivity contribution < 1.29 is 0 Å². The Kier molecular flexibility index (Phi) is 4.08. The molecule has 0 aliphatic carbocycles. The first-order chi connectivity index (χ1) is 9.07. The lowest BCUT2D eigenvalue weighted by Gasteiger charge is -2.31. The molecule has 0 saturated carbocycles. The van der Waals surface area contributed by atoms with E-state index in [0.29, 0.717) is 0 Å². The molecule has 0 aromatic carbocycles. The Hall–Kier alpha value is 0.140. The molecule has 1 N–H and O–H groups in total. The molecule has 0 spiro atoms. The number of nitrogens with one attached hydrogen (secondary N) is 1. The van der Waals surface area contributed by atoms with Crippen LogP contribution in [0.15, 0.2) is 42.5 Å². The van der Waals surface area contributed by atoms with E-state index in [4.69, 9.17) is 0 Å². The van der Waals surface area contributed by atoms with Crippen molar-refractivity contribution in [1.82, 2.24) is 5.32 Å². The zero-order chi connectivity index (χ0) is 13.5. The number of allylic oxidation sites excluding steroid dienone is 2. The van der Waals surface area contributed by atoms with Crippen LogP contribution in [0.3, 0.4) is 0 Å². The molecule has 1 unspecified atom stereocenters. The molecule has 1 atom stereocenters. The molecule has 0 bridgehead atoms. The highest BCUT2D eigenvalue weighted by Gasteiger charge is 2.28. The standard InChI is InChI=1S/C14H11I2NS2/c1-14(11-5-7-13(16)19-11)8-2-3-9(17-14)10-4-6-12(15)18-10/h2-8,17H,1H3. The third kappa shape index (κ3) is 2.93. The second kappa shape index (κ2) is 5.50. The van der Waals surface area contributed by atoms with Crippen LogP contribution in [0.4, 0.5) is 0 Å². The highest BCUT2D eigenvalue weighted by atomic mass is 127. The third-order valence-electron chi connectivity index (χ3n) is 3.01. The largest absolute Gasteiger partial charge is 0.370 e. The van der Waals surface area contributed by atoms with Gasteiger partial charge < -0.3 is 5.32 Å². The van der Waals surface area contributed by atoms with E-state index in [0.717, 1.165) is 0 Å². The van der Waals surface area contributed by atoms with Crippen molar-refractivity contribution in [3.05, 3.63) is 58.0 Å². The Bertz CT molecular complexity index is 669. The van der Waals surface area contributed by atoms with Gasteiger partial charge in [-0.05, 0) is 82.4 Å². The van der Waals surface area contributed by atoms with Crippen LogP contribution in [0.2, 0.25) is 0 Å². The van der Waals surface area contributed by atoms with Crippen LogP contribution < -0.4 is 5.32 Å². The Morgan fingerprint density at radius 1 is 1.05 bits per heavy atom. The van der Waals surface area contributed by atoms with Gasteiger partial charge in [0.1, 0.15) is 0 Å². The molecule has 0 saturated heterocycles. The molecule has 98 valence electrons. The van der Waals surface area contributed by atoms with Crippen LogP contribution in [-0.2, 0) is 5.54 Å². The minimum absolute atomic E-state index is 0.104. The number of hydrogen-bond donors (Lipinski definition) is 1.